The molecule has 1 aliphatic rings. The predicted octanol–water partition coefficient (Wildman–Crippen LogP) is 3.08. The second-order valence-electron chi connectivity index (χ2n) is 2.99. The van der Waals surface area contributed by atoms with E-state index < -0.39 is 0 Å². The van der Waals surface area contributed by atoms with Crippen LogP contribution in [-0.4, -0.2) is 6.54 Å². The van der Waals surface area contributed by atoms with Gasteiger partial charge in [0, 0.05) is 12.2 Å². The monoisotopic (exact) mass is 155 g/mol. The van der Waals surface area contributed by atoms with Crippen LogP contribution in [0.1, 0.15) is 46.0 Å². The first-order valence-electron chi connectivity index (χ1n) is 4.72. The van der Waals surface area contributed by atoms with E-state index in [2.05, 4.69) is 25.7 Å². The summed E-state index contributed by atoms with van der Waals surface area (Å²) in [6.45, 7) is 9.30. The van der Waals surface area contributed by atoms with Gasteiger partial charge in [-0.15, -0.1) is 0 Å². The van der Waals surface area contributed by atoms with Crippen LogP contribution in [0.3, 0.4) is 0 Å². The molecule has 0 aromatic heterocycles. The minimum atomic E-state index is 1.14. The molecule has 0 aromatic rings. The van der Waals surface area contributed by atoms with Gasteiger partial charge in [-0.3, -0.25) is 0 Å². The van der Waals surface area contributed by atoms with Crippen LogP contribution in [0.2, 0.25) is 0 Å². The van der Waals surface area contributed by atoms with Crippen molar-refractivity contribution in [2.45, 2.75) is 46.0 Å². The fourth-order valence-electron chi connectivity index (χ4n) is 1.01. The summed E-state index contributed by atoms with van der Waals surface area (Å²) >= 11 is 0. The lowest BCUT2D eigenvalue weighted by atomic mass is 10.3. The topological polar surface area (TPSA) is 12.0 Å². The molecule has 0 spiro atoms. The van der Waals surface area contributed by atoms with Crippen LogP contribution in [0.15, 0.2) is 12.3 Å². The van der Waals surface area contributed by atoms with Crippen LogP contribution < -0.4 is 5.32 Å². The van der Waals surface area contributed by atoms with E-state index in [4.69, 9.17) is 0 Å². The van der Waals surface area contributed by atoms with Gasteiger partial charge < -0.3 is 5.32 Å². The highest BCUT2D eigenvalue weighted by Crippen LogP contribution is 2.03. The van der Waals surface area contributed by atoms with E-state index in [1.165, 1.54) is 37.8 Å². The molecule has 1 N–H and O–H groups in total. The number of nitrogens with one attached hydrogen (secondary N) is 1. The Labute approximate surface area is 70.9 Å². The molecule has 0 amide bonds. The first-order chi connectivity index (χ1) is 5.31. The molecular formula is C10H21N. The Hall–Kier alpha value is -0.460. The van der Waals surface area contributed by atoms with E-state index in [9.17, 15) is 0 Å². The molecule has 1 rings (SSSR count). The molecule has 0 aromatic carbocycles. The summed E-state index contributed by atoms with van der Waals surface area (Å²) < 4.78 is 0. The zero-order valence-corrected chi connectivity index (χ0v) is 7.95. The van der Waals surface area contributed by atoms with Crippen molar-refractivity contribution in [3.05, 3.63) is 12.3 Å². The average Bonchev–Trinajstić information content (AvgIpc) is 2.43. The third-order valence-corrected chi connectivity index (χ3v) is 1.74. The zero-order chi connectivity index (χ0) is 8.53. The van der Waals surface area contributed by atoms with Gasteiger partial charge in [-0.2, -0.15) is 0 Å². The summed E-state index contributed by atoms with van der Waals surface area (Å²) in [5.74, 6) is 0. The lowest BCUT2D eigenvalue weighted by molar-refractivity contribution is 0.772. The van der Waals surface area contributed by atoms with E-state index in [1.807, 2.05) is 0 Å². The van der Waals surface area contributed by atoms with E-state index >= 15 is 0 Å². The fourth-order valence-corrected chi connectivity index (χ4v) is 1.01. The minimum Gasteiger partial charge on any atom is -0.389 e. The van der Waals surface area contributed by atoms with Crippen LogP contribution in [0.25, 0.3) is 0 Å². The van der Waals surface area contributed by atoms with E-state index in [0.717, 1.165) is 6.54 Å². The molecule has 0 radical (unpaired) electrons. The van der Waals surface area contributed by atoms with Crippen LogP contribution in [-0.2, 0) is 0 Å². The second kappa shape index (κ2) is 7.64. The summed E-state index contributed by atoms with van der Waals surface area (Å²) in [5, 5.41) is 3.12. The third kappa shape index (κ3) is 7.44. The summed E-state index contributed by atoms with van der Waals surface area (Å²) in [7, 11) is 0. The summed E-state index contributed by atoms with van der Waals surface area (Å²) in [6.07, 6.45) is 6.53. The van der Waals surface area contributed by atoms with Crippen molar-refractivity contribution in [1.82, 2.24) is 5.32 Å². The molecule has 0 bridgehead atoms. The first kappa shape index (κ1) is 10.5. The van der Waals surface area contributed by atoms with Crippen molar-refractivity contribution in [1.29, 1.82) is 0 Å². The van der Waals surface area contributed by atoms with Gasteiger partial charge in [0.2, 0.25) is 0 Å². The van der Waals surface area contributed by atoms with E-state index in [-0.39, 0.29) is 0 Å². The molecular weight excluding hydrogens is 134 g/mol. The summed E-state index contributed by atoms with van der Waals surface area (Å²) in [4.78, 5) is 0. The van der Waals surface area contributed by atoms with Crippen molar-refractivity contribution >= 4 is 0 Å². The highest BCUT2D eigenvalue weighted by molar-refractivity contribution is 4.95. The van der Waals surface area contributed by atoms with Crippen molar-refractivity contribution in [2.75, 3.05) is 6.54 Å². The van der Waals surface area contributed by atoms with Crippen molar-refractivity contribution in [3.63, 3.8) is 0 Å². The predicted molar refractivity (Wildman–Crippen MR) is 51.6 cm³/mol. The van der Waals surface area contributed by atoms with Gasteiger partial charge in [0.05, 0.1) is 0 Å². The molecule has 0 unspecified atom stereocenters. The molecule has 1 nitrogen and oxygen atoms in total. The maximum Gasteiger partial charge on any atom is 0.0147 e. The highest BCUT2D eigenvalue weighted by atomic mass is 14.9. The van der Waals surface area contributed by atoms with Crippen molar-refractivity contribution in [2.24, 2.45) is 0 Å². The molecule has 1 aliphatic heterocycles. The van der Waals surface area contributed by atoms with E-state index in [0.29, 0.717) is 0 Å². The Morgan fingerprint density at radius 3 is 2.09 bits per heavy atom. The molecule has 1 saturated heterocycles. The van der Waals surface area contributed by atoms with Crippen molar-refractivity contribution < 1.29 is 0 Å². The number of hydrogen-bond acceptors (Lipinski definition) is 1. The largest absolute Gasteiger partial charge is 0.389 e. The SMILES string of the molecule is C=C1CCCN1.CCCCC. The van der Waals surface area contributed by atoms with Crippen LogP contribution >= 0.6 is 0 Å². The molecule has 0 saturated carbocycles. The summed E-state index contributed by atoms with van der Waals surface area (Å²) in [6, 6.07) is 0. The highest BCUT2D eigenvalue weighted by Gasteiger charge is 1.98. The molecule has 66 valence electrons. The quantitative estimate of drug-likeness (QED) is 0.646. The van der Waals surface area contributed by atoms with Crippen LogP contribution in [0.4, 0.5) is 0 Å². The van der Waals surface area contributed by atoms with Gasteiger partial charge in [-0.1, -0.05) is 39.7 Å². The lowest BCUT2D eigenvalue weighted by Crippen LogP contribution is -2.00. The zero-order valence-electron chi connectivity index (χ0n) is 7.95. The number of allylic oxidation sites excluding steroid dienone is 1. The summed E-state index contributed by atoms with van der Waals surface area (Å²) in [5.41, 5.74) is 1.20. The molecule has 0 atom stereocenters. The van der Waals surface area contributed by atoms with Gasteiger partial charge in [-0.05, 0) is 12.8 Å². The van der Waals surface area contributed by atoms with Gasteiger partial charge in [0.15, 0.2) is 0 Å². The van der Waals surface area contributed by atoms with Crippen molar-refractivity contribution in [3.8, 4) is 0 Å². The number of unbranched alkanes of at least 4 members (excludes halogenated alkanes) is 2. The molecule has 0 aliphatic carbocycles. The maximum atomic E-state index is 3.74. The Morgan fingerprint density at radius 1 is 1.36 bits per heavy atom. The Bertz CT molecular complexity index is 87.0. The van der Waals surface area contributed by atoms with Gasteiger partial charge in [-0.25, -0.2) is 0 Å². The molecule has 1 heteroatoms. The fraction of sp³-hybridized carbons (Fsp3) is 0.800. The second-order valence-corrected chi connectivity index (χ2v) is 2.99. The lowest BCUT2D eigenvalue weighted by Gasteiger charge is -1.87. The van der Waals surface area contributed by atoms with E-state index in [1.54, 1.807) is 0 Å². The normalized spacial score (nSPS) is 15.3. The standard InChI is InChI=1S/C5H9N.C5H12/c1-5-3-2-4-6-5;1-3-5-4-2/h6H,1-4H2;3-5H2,1-2H3. The Kier molecular flexibility index (Phi) is 7.33. The first-order valence-corrected chi connectivity index (χ1v) is 4.72. The van der Waals surface area contributed by atoms with Gasteiger partial charge in [0.25, 0.3) is 0 Å². The molecule has 11 heavy (non-hydrogen) atoms. The maximum absolute atomic E-state index is 3.74. The Morgan fingerprint density at radius 2 is 2.00 bits per heavy atom. The van der Waals surface area contributed by atoms with Gasteiger partial charge >= 0.3 is 0 Å². The average molecular weight is 155 g/mol. The third-order valence-electron chi connectivity index (χ3n) is 1.74. The molecule has 1 fully saturated rings. The Balaban J connectivity index is 0.000000187. The number of rotatable bonds is 2. The van der Waals surface area contributed by atoms with Gasteiger partial charge in [0.1, 0.15) is 0 Å². The minimum absolute atomic E-state index is 1.14. The smallest absolute Gasteiger partial charge is 0.0147 e. The number of hydrogen-bond donors (Lipinski definition) is 1. The van der Waals surface area contributed by atoms with Crippen LogP contribution in [0.5, 0.6) is 0 Å². The molecule has 1 heterocycles. The van der Waals surface area contributed by atoms with Crippen LogP contribution in [0, 0.1) is 0 Å².